The Labute approximate surface area is 215 Å². The van der Waals surface area contributed by atoms with Crippen molar-refractivity contribution in [2.24, 2.45) is 0 Å². The Bertz CT molecular complexity index is 1280. The maximum Gasteiger partial charge on any atom is 0.337 e. The van der Waals surface area contributed by atoms with Gasteiger partial charge >= 0.3 is 5.97 Å². The van der Waals surface area contributed by atoms with Crippen molar-refractivity contribution in [2.45, 2.75) is 38.3 Å². The summed E-state index contributed by atoms with van der Waals surface area (Å²) in [6.45, 7) is 1.80. The normalized spacial score (nSPS) is 15.6. The smallest absolute Gasteiger partial charge is 0.337 e. The van der Waals surface area contributed by atoms with Gasteiger partial charge in [0, 0.05) is 31.6 Å². The van der Waals surface area contributed by atoms with Crippen molar-refractivity contribution >= 4 is 29.2 Å². The summed E-state index contributed by atoms with van der Waals surface area (Å²) in [7, 11) is 1.53. The van der Waals surface area contributed by atoms with Crippen LogP contribution in [-0.2, 0) is 17.6 Å². The predicted molar refractivity (Wildman–Crippen MR) is 139 cm³/mol. The van der Waals surface area contributed by atoms with Gasteiger partial charge in [0.15, 0.2) is 0 Å². The first-order valence-electron chi connectivity index (χ1n) is 11.8. The fourth-order valence-electron chi connectivity index (χ4n) is 4.43. The maximum atomic E-state index is 11.8. The summed E-state index contributed by atoms with van der Waals surface area (Å²) in [6.07, 6.45) is 2.02. The molecule has 0 aliphatic heterocycles. The molecule has 0 fully saturated rings. The number of nitrogens with zero attached hydrogens (tertiary/aromatic N) is 1. The number of benzene rings is 3. The molecule has 1 aliphatic rings. The minimum Gasteiger partial charge on any atom is -0.478 e. The van der Waals surface area contributed by atoms with E-state index >= 15 is 0 Å². The van der Waals surface area contributed by atoms with Crippen LogP contribution in [0.3, 0.4) is 0 Å². The third-order valence-corrected chi connectivity index (χ3v) is 6.74. The number of anilines is 1. The minimum absolute atomic E-state index is 0.00862. The Morgan fingerprint density at radius 1 is 1.11 bits per heavy atom. The molecular formula is C28H29ClN2O5. The van der Waals surface area contributed by atoms with Crippen molar-refractivity contribution < 1.29 is 24.5 Å². The number of aryl methyl sites for hydroxylation is 1. The van der Waals surface area contributed by atoms with E-state index in [0.29, 0.717) is 28.8 Å². The molecule has 188 valence electrons. The molecular weight excluding hydrogens is 480 g/mol. The number of aliphatic hydroxyl groups is 1. The van der Waals surface area contributed by atoms with E-state index in [4.69, 9.17) is 16.3 Å². The zero-order valence-electron chi connectivity index (χ0n) is 20.2. The van der Waals surface area contributed by atoms with Gasteiger partial charge in [0.1, 0.15) is 11.5 Å². The highest BCUT2D eigenvalue weighted by atomic mass is 35.5. The van der Waals surface area contributed by atoms with E-state index in [-0.39, 0.29) is 17.5 Å². The fraction of sp³-hybridized carbons (Fsp3) is 0.286. The average Bonchev–Trinajstić information content (AvgIpc) is 2.86. The van der Waals surface area contributed by atoms with Crippen LogP contribution in [0.15, 0.2) is 60.7 Å². The molecule has 0 heterocycles. The molecule has 2 atom stereocenters. The third-order valence-electron chi connectivity index (χ3n) is 6.51. The zero-order chi connectivity index (χ0) is 25.8. The van der Waals surface area contributed by atoms with Crippen LogP contribution >= 0.6 is 11.6 Å². The SMILES string of the molecule is CC(=O)N(C)c1ccc(Oc2ccc3c(c2)C[C@@H](NC[C@@H](O)c2cccc(Cl)c2)CC3)cc1C(=O)O. The molecule has 0 unspecified atom stereocenters. The van der Waals surface area contributed by atoms with E-state index in [1.807, 2.05) is 30.3 Å². The van der Waals surface area contributed by atoms with E-state index in [1.54, 1.807) is 24.3 Å². The highest BCUT2D eigenvalue weighted by molar-refractivity contribution is 6.30. The Morgan fingerprint density at radius 3 is 2.58 bits per heavy atom. The van der Waals surface area contributed by atoms with Gasteiger partial charge in [0.05, 0.1) is 17.4 Å². The fourth-order valence-corrected chi connectivity index (χ4v) is 4.63. The lowest BCUT2D eigenvalue weighted by atomic mass is 9.88. The molecule has 4 rings (SSSR count). The van der Waals surface area contributed by atoms with Gasteiger partial charge in [-0.25, -0.2) is 4.79 Å². The number of ether oxygens (including phenoxy) is 1. The lowest BCUT2D eigenvalue weighted by molar-refractivity contribution is -0.116. The van der Waals surface area contributed by atoms with Gasteiger partial charge in [0.25, 0.3) is 0 Å². The number of hydrogen-bond donors (Lipinski definition) is 3. The highest BCUT2D eigenvalue weighted by Crippen LogP contribution is 2.31. The van der Waals surface area contributed by atoms with E-state index in [1.165, 1.54) is 30.5 Å². The largest absolute Gasteiger partial charge is 0.478 e. The summed E-state index contributed by atoms with van der Waals surface area (Å²) in [6, 6.07) is 18.0. The number of rotatable bonds is 8. The number of amides is 1. The number of nitrogens with one attached hydrogen (secondary N) is 1. The number of carbonyl (C=O) groups excluding carboxylic acids is 1. The van der Waals surface area contributed by atoms with Crippen molar-refractivity contribution in [2.75, 3.05) is 18.5 Å². The van der Waals surface area contributed by atoms with Crippen molar-refractivity contribution in [1.82, 2.24) is 5.32 Å². The van der Waals surface area contributed by atoms with Gasteiger partial charge in [-0.1, -0.05) is 29.8 Å². The highest BCUT2D eigenvalue weighted by Gasteiger charge is 2.21. The molecule has 36 heavy (non-hydrogen) atoms. The van der Waals surface area contributed by atoms with Crippen LogP contribution in [0.5, 0.6) is 11.5 Å². The van der Waals surface area contributed by atoms with E-state index in [2.05, 4.69) is 5.32 Å². The van der Waals surface area contributed by atoms with Gasteiger partial charge in [-0.2, -0.15) is 0 Å². The number of hydrogen-bond acceptors (Lipinski definition) is 5. The van der Waals surface area contributed by atoms with Crippen LogP contribution in [0, 0.1) is 0 Å². The molecule has 3 N–H and O–H groups in total. The first-order valence-corrected chi connectivity index (χ1v) is 12.2. The van der Waals surface area contributed by atoms with Crippen LogP contribution in [0.1, 0.15) is 46.5 Å². The van der Waals surface area contributed by atoms with Gasteiger partial charge in [-0.15, -0.1) is 0 Å². The zero-order valence-corrected chi connectivity index (χ0v) is 21.0. The molecule has 0 saturated heterocycles. The van der Waals surface area contributed by atoms with Crippen molar-refractivity contribution in [1.29, 1.82) is 0 Å². The predicted octanol–water partition coefficient (Wildman–Crippen LogP) is 4.99. The van der Waals surface area contributed by atoms with Crippen LogP contribution in [-0.4, -0.2) is 41.7 Å². The Kier molecular flexibility index (Phi) is 7.94. The summed E-state index contributed by atoms with van der Waals surface area (Å²) < 4.78 is 5.99. The van der Waals surface area contributed by atoms with Crippen molar-refractivity contribution in [3.8, 4) is 11.5 Å². The Morgan fingerprint density at radius 2 is 1.86 bits per heavy atom. The van der Waals surface area contributed by atoms with Gasteiger partial charge < -0.3 is 25.2 Å². The standard InChI is InChI=1S/C28H29ClN2O5/c1-17(32)31(2)26-11-10-24(15-25(26)28(34)35)36-23-9-7-18-6-8-22(13-20(18)14-23)30-16-27(33)19-4-3-5-21(29)12-19/h3-5,7,9-12,14-15,22,27,30,33H,6,8,13,16H2,1-2H3,(H,34,35)/t22-,27+/m0/s1. The number of aromatic carboxylic acids is 1. The first kappa shape index (κ1) is 25.7. The molecule has 8 heteroatoms. The molecule has 0 saturated carbocycles. The lowest BCUT2D eigenvalue weighted by Gasteiger charge is -2.27. The van der Waals surface area contributed by atoms with Crippen LogP contribution in [0.2, 0.25) is 5.02 Å². The molecule has 1 amide bonds. The van der Waals surface area contributed by atoms with Crippen LogP contribution in [0.4, 0.5) is 5.69 Å². The molecule has 3 aromatic carbocycles. The molecule has 1 aliphatic carbocycles. The molecule has 0 aromatic heterocycles. The van der Waals surface area contributed by atoms with Crippen molar-refractivity contribution in [3.63, 3.8) is 0 Å². The number of aliphatic hydroxyl groups excluding tert-OH is 1. The summed E-state index contributed by atoms with van der Waals surface area (Å²) in [4.78, 5) is 24.8. The summed E-state index contributed by atoms with van der Waals surface area (Å²) >= 11 is 6.04. The maximum absolute atomic E-state index is 11.8. The minimum atomic E-state index is -1.14. The van der Waals surface area contributed by atoms with Gasteiger partial charge in [-0.3, -0.25) is 4.79 Å². The second-order valence-corrected chi connectivity index (χ2v) is 9.45. The Hall–Kier alpha value is -3.39. The average molecular weight is 509 g/mol. The molecule has 7 nitrogen and oxygen atoms in total. The third kappa shape index (κ3) is 6.05. The Balaban J connectivity index is 1.43. The number of fused-ring (bicyclic) bond motifs is 1. The second-order valence-electron chi connectivity index (χ2n) is 9.01. The number of carboxylic acid groups (broad SMARTS) is 1. The lowest BCUT2D eigenvalue weighted by Crippen LogP contribution is -2.37. The first-order chi connectivity index (χ1) is 17.2. The second kappa shape index (κ2) is 11.1. The van der Waals surface area contributed by atoms with Crippen LogP contribution in [0.25, 0.3) is 0 Å². The topological polar surface area (TPSA) is 99.1 Å². The number of carbonyl (C=O) groups is 2. The summed E-state index contributed by atoms with van der Waals surface area (Å²) in [5.41, 5.74) is 3.48. The number of halogens is 1. The van der Waals surface area contributed by atoms with Gasteiger partial charge in [-0.05, 0) is 78.4 Å². The molecule has 0 bridgehead atoms. The molecule has 0 spiro atoms. The number of carboxylic acids is 1. The van der Waals surface area contributed by atoms with Crippen LogP contribution < -0.4 is 15.0 Å². The summed E-state index contributed by atoms with van der Waals surface area (Å²) in [5.74, 6) is -0.410. The van der Waals surface area contributed by atoms with Gasteiger partial charge in [0.2, 0.25) is 5.91 Å². The molecule has 3 aromatic rings. The molecule has 0 radical (unpaired) electrons. The van der Waals surface area contributed by atoms with E-state index in [9.17, 15) is 19.8 Å². The summed E-state index contributed by atoms with van der Waals surface area (Å²) in [5, 5.41) is 24.2. The van der Waals surface area contributed by atoms with Crippen molar-refractivity contribution in [3.05, 3.63) is 87.9 Å². The quantitative estimate of drug-likeness (QED) is 0.396. The van der Waals surface area contributed by atoms with E-state index < -0.39 is 12.1 Å². The van der Waals surface area contributed by atoms with E-state index in [0.717, 1.165) is 30.4 Å². The monoisotopic (exact) mass is 508 g/mol.